The van der Waals surface area contributed by atoms with Crippen molar-refractivity contribution in [3.8, 4) is 0 Å². The van der Waals surface area contributed by atoms with Gasteiger partial charge >= 0.3 is 0 Å². The van der Waals surface area contributed by atoms with Crippen molar-refractivity contribution in [2.24, 2.45) is 11.8 Å². The number of unbranched alkanes of at least 4 members (excludes halogenated alkanes) is 1. The topological polar surface area (TPSA) is 9.23 Å². The molecule has 0 bridgehead atoms. The smallest absolute Gasteiger partial charge is 0.0727 e. The van der Waals surface area contributed by atoms with Gasteiger partial charge in [-0.05, 0) is 24.7 Å². The van der Waals surface area contributed by atoms with Gasteiger partial charge in [-0.2, -0.15) is 0 Å². The fourth-order valence-electron chi connectivity index (χ4n) is 2.45. The predicted molar refractivity (Wildman–Crippen MR) is 68.2 cm³/mol. The largest absolute Gasteiger partial charge is 0.374 e. The van der Waals surface area contributed by atoms with Gasteiger partial charge in [-0.1, -0.05) is 54.4 Å². The van der Waals surface area contributed by atoms with Crippen molar-refractivity contribution in [2.45, 2.75) is 72.8 Å². The van der Waals surface area contributed by atoms with E-state index in [4.69, 9.17) is 4.74 Å². The van der Waals surface area contributed by atoms with Crippen molar-refractivity contribution in [3.05, 3.63) is 0 Å². The molecule has 0 atom stereocenters. The second-order valence-electron chi connectivity index (χ2n) is 5.22. The molecule has 0 saturated carbocycles. The van der Waals surface area contributed by atoms with Gasteiger partial charge in [0, 0.05) is 6.61 Å². The van der Waals surface area contributed by atoms with Crippen molar-refractivity contribution < 1.29 is 4.74 Å². The summed E-state index contributed by atoms with van der Waals surface area (Å²) in [5, 5.41) is 0. The van der Waals surface area contributed by atoms with Gasteiger partial charge < -0.3 is 4.74 Å². The number of ether oxygens (including phenoxy) is 1. The summed E-state index contributed by atoms with van der Waals surface area (Å²) in [5.41, 5.74) is 0.101. The third-order valence-corrected chi connectivity index (χ3v) is 3.46. The van der Waals surface area contributed by atoms with E-state index in [-0.39, 0.29) is 5.60 Å². The van der Waals surface area contributed by atoms with E-state index in [2.05, 4.69) is 41.5 Å². The van der Waals surface area contributed by atoms with Gasteiger partial charge in [0.05, 0.1) is 5.60 Å². The van der Waals surface area contributed by atoms with Crippen molar-refractivity contribution in [1.82, 2.24) is 0 Å². The summed E-state index contributed by atoms with van der Waals surface area (Å²) >= 11 is 0. The summed E-state index contributed by atoms with van der Waals surface area (Å²) in [7, 11) is 0. The first-order valence-corrected chi connectivity index (χ1v) is 6.65. The average Bonchev–Trinajstić information content (AvgIpc) is 2.15. The third-order valence-electron chi connectivity index (χ3n) is 3.46. The first-order valence-electron chi connectivity index (χ1n) is 6.65. The van der Waals surface area contributed by atoms with Gasteiger partial charge in [0.25, 0.3) is 0 Å². The minimum Gasteiger partial charge on any atom is -0.374 e. The lowest BCUT2D eigenvalue weighted by Crippen LogP contribution is -2.43. The van der Waals surface area contributed by atoms with Crippen molar-refractivity contribution in [2.75, 3.05) is 6.61 Å². The van der Waals surface area contributed by atoms with Crippen LogP contribution in [0.2, 0.25) is 0 Å². The molecule has 0 saturated heterocycles. The molecule has 0 aromatic heterocycles. The summed E-state index contributed by atoms with van der Waals surface area (Å²) in [4.78, 5) is 0. The second kappa shape index (κ2) is 7.27. The van der Waals surface area contributed by atoms with Crippen LogP contribution in [0.3, 0.4) is 0 Å². The average molecular weight is 214 g/mol. The Hall–Kier alpha value is -0.0400. The molecule has 0 aliphatic carbocycles. The zero-order valence-corrected chi connectivity index (χ0v) is 11.6. The maximum absolute atomic E-state index is 6.23. The van der Waals surface area contributed by atoms with Crippen LogP contribution in [0, 0.1) is 11.8 Å². The summed E-state index contributed by atoms with van der Waals surface area (Å²) < 4.78 is 6.23. The van der Waals surface area contributed by atoms with E-state index in [1.807, 2.05) is 0 Å². The second-order valence-corrected chi connectivity index (χ2v) is 5.22. The van der Waals surface area contributed by atoms with E-state index in [1.54, 1.807) is 0 Å². The molecule has 0 N–H and O–H groups in total. The Morgan fingerprint density at radius 3 is 1.80 bits per heavy atom. The lowest BCUT2D eigenvalue weighted by atomic mass is 9.77. The van der Waals surface area contributed by atoms with Gasteiger partial charge in [0.2, 0.25) is 0 Å². The molecule has 1 heteroatoms. The Balaban J connectivity index is 4.48. The molecule has 0 aliphatic heterocycles. The minimum absolute atomic E-state index is 0.101. The van der Waals surface area contributed by atoms with Gasteiger partial charge in [-0.25, -0.2) is 0 Å². The fourth-order valence-corrected chi connectivity index (χ4v) is 2.45. The lowest BCUT2D eigenvalue weighted by molar-refractivity contribution is -0.116. The van der Waals surface area contributed by atoms with Crippen molar-refractivity contribution in [1.29, 1.82) is 0 Å². The molecule has 0 aromatic rings. The number of rotatable bonds is 8. The number of hydrogen-bond donors (Lipinski definition) is 0. The van der Waals surface area contributed by atoms with Gasteiger partial charge in [0.15, 0.2) is 0 Å². The zero-order chi connectivity index (χ0) is 11.9. The molecule has 0 fully saturated rings. The van der Waals surface area contributed by atoms with Crippen LogP contribution in [0.5, 0.6) is 0 Å². The Labute approximate surface area is 96.6 Å². The SMILES string of the molecule is CCCCOC(CCC)(C(C)C)C(C)C. The first-order chi connectivity index (χ1) is 7.01. The van der Waals surface area contributed by atoms with Crippen LogP contribution < -0.4 is 0 Å². The highest BCUT2D eigenvalue weighted by Crippen LogP contribution is 2.35. The molecule has 0 radical (unpaired) electrons. The highest BCUT2D eigenvalue weighted by molar-refractivity contribution is 4.87. The molecule has 1 nitrogen and oxygen atoms in total. The first kappa shape index (κ1) is 15.0. The van der Waals surface area contributed by atoms with E-state index < -0.39 is 0 Å². The van der Waals surface area contributed by atoms with Crippen LogP contribution in [0.15, 0.2) is 0 Å². The molecule has 92 valence electrons. The van der Waals surface area contributed by atoms with Crippen LogP contribution in [-0.4, -0.2) is 12.2 Å². The predicted octanol–water partition coefficient (Wildman–Crippen LogP) is 4.65. The molecular formula is C14H30O. The molecule has 0 rings (SSSR count). The van der Waals surface area contributed by atoms with E-state index >= 15 is 0 Å². The Morgan fingerprint density at radius 2 is 1.47 bits per heavy atom. The standard InChI is InChI=1S/C14H30O/c1-7-9-11-15-14(10-8-2,12(3)4)13(5)6/h12-13H,7-11H2,1-6H3. The normalized spacial score (nSPS) is 12.8. The van der Waals surface area contributed by atoms with E-state index in [1.165, 1.54) is 25.7 Å². The minimum atomic E-state index is 0.101. The molecule has 15 heavy (non-hydrogen) atoms. The molecule has 0 unspecified atom stereocenters. The molecule has 0 amide bonds. The molecule has 0 aromatic carbocycles. The van der Waals surface area contributed by atoms with E-state index in [0.29, 0.717) is 11.8 Å². The van der Waals surface area contributed by atoms with Gasteiger partial charge in [-0.3, -0.25) is 0 Å². The summed E-state index contributed by atoms with van der Waals surface area (Å²) in [6.45, 7) is 14.6. The molecule has 0 heterocycles. The van der Waals surface area contributed by atoms with Crippen LogP contribution in [0.4, 0.5) is 0 Å². The van der Waals surface area contributed by atoms with Crippen LogP contribution in [0.1, 0.15) is 67.2 Å². The monoisotopic (exact) mass is 214 g/mol. The number of hydrogen-bond acceptors (Lipinski definition) is 1. The lowest BCUT2D eigenvalue weighted by Gasteiger charge is -2.41. The highest BCUT2D eigenvalue weighted by Gasteiger charge is 2.36. The highest BCUT2D eigenvalue weighted by atomic mass is 16.5. The van der Waals surface area contributed by atoms with Gasteiger partial charge in [0.1, 0.15) is 0 Å². The van der Waals surface area contributed by atoms with Crippen LogP contribution in [0.25, 0.3) is 0 Å². The van der Waals surface area contributed by atoms with Crippen molar-refractivity contribution in [3.63, 3.8) is 0 Å². The van der Waals surface area contributed by atoms with Crippen molar-refractivity contribution >= 4 is 0 Å². The van der Waals surface area contributed by atoms with E-state index in [9.17, 15) is 0 Å². The summed E-state index contributed by atoms with van der Waals surface area (Å²) in [5.74, 6) is 1.21. The molecule has 0 spiro atoms. The van der Waals surface area contributed by atoms with Crippen LogP contribution in [-0.2, 0) is 4.74 Å². The zero-order valence-electron chi connectivity index (χ0n) is 11.6. The maximum atomic E-state index is 6.23. The van der Waals surface area contributed by atoms with Crippen LogP contribution >= 0.6 is 0 Å². The Kier molecular flexibility index (Phi) is 7.25. The molecular weight excluding hydrogens is 184 g/mol. The van der Waals surface area contributed by atoms with E-state index in [0.717, 1.165) is 6.61 Å². The third kappa shape index (κ3) is 4.14. The Bertz CT molecular complexity index is 141. The molecule has 0 aliphatic rings. The van der Waals surface area contributed by atoms with Gasteiger partial charge in [-0.15, -0.1) is 0 Å². The summed E-state index contributed by atoms with van der Waals surface area (Å²) in [6, 6.07) is 0. The Morgan fingerprint density at radius 1 is 0.933 bits per heavy atom. The quantitative estimate of drug-likeness (QED) is 0.534. The fraction of sp³-hybridized carbons (Fsp3) is 1.00. The maximum Gasteiger partial charge on any atom is 0.0727 e. The summed E-state index contributed by atoms with van der Waals surface area (Å²) in [6.07, 6.45) is 4.80.